The minimum absolute atomic E-state index is 0. The van der Waals surface area contributed by atoms with E-state index >= 15 is 0 Å². The highest BCUT2D eigenvalue weighted by Crippen LogP contribution is 2.69. The third-order valence-corrected chi connectivity index (χ3v) is 12.4. The molecule has 0 heterocycles. The predicted octanol–water partition coefficient (Wildman–Crippen LogP) is 8.55. The molecule has 212 valence electrons. The van der Waals surface area contributed by atoms with Crippen molar-refractivity contribution in [2.45, 2.75) is 113 Å². The number of nitrogens with zero attached hydrogens (tertiary/aromatic N) is 1. The summed E-state index contributed by atoms with van der Waals surface area (Å²) in [6, 6.07) is 0.649. The Morgan fingerprint density at radius 3 is 2.22 bits per heavy atom. The summed E-state index contributed by atoms with van der Waals surface area (Å²) in [4.78, 5) is 16.6. The third kappa shape index (κ3) is 4.57. The first kappa shape index (κ1) is 30.5. The topological polar surface area (TPSA) is 29.5 Å². The van der Waals surface area contributed by atoms with Gasteiger partial charge in [0.25, 0.3) is 0 Å². The van der Waals surface area contributed by atoms with Crippen LogP contribution in [0.3, 0.4) is 0 Å². The van der Waals surface area contributed by atoms with Crippen LogP contribution in [-0.2, 0) is 9.53 Å². The number of allylic oxidation sites excluding steroid dienone is 3. The van der Waals surface area contributed by atoms with Gasteiger partial charge in [0, 0.05) is 17.9 Å². The molecule has 4 fully saturated rings. The van der Waals surface area contributed by atoms with Gasteiger partial charge in [-0.1, -0.05) is 61.1 Å². The quantitative estimate of drug-likeness (QED) is 0.354. The van der Waals surface area contributed by atoms with Gasteiger partial charge in [0.05, 0.1) is 12.9 Å². The van der Waals surface area contributed by atoms with Crippen molar-refractivity contribution in [2.24, 2.45) is 51.8 Å². The fourth-order valence-electron chi connectivity index (χ4n) is 10.5. The van der Waals surface area contributed by atoms with Crippen molar-refractivity contribution in [2.75, 3.05) is 21.2 Å². The molecule has 10 atom stereocenters. The molecule has 0 aromatic carbocycles. The van der Waals surface area contributed by atoms with Crippen LogP contribution < -0.4 is 0 Å². The number of carbonyl (C=O) groups excluding carboxylic acids is 1. The summed E-state index contributed by atoms with van der Waals surface area (Å²) in [5.41, 5.74) is 2.10. The molecule has 4 saturated carbocycles. The van der Waals surface area contributed by atoms with Crippen LogP contribution in [0.5, 0.6) is 0 Å². The normalized spacial score (nSPS) is 46.5. The first-order valence-electron chi connectivity index (χ1n) is 15.1. The summed E-state index contributed by atoms with van der Waals surface area (Å²) in [7, 11) is 6.25. The van der Waals surface area contributed by atoms with Crippen LogP contribution in [0.2, 0.25) is 0 Å². The van der Waals surface area contributed by atoms with Crippen molar-refractivity contribution in [1.82, 2.24) is 4.90 Å². The van der Waals surface area contributed by atoms with Gasteiger partial charge >= 0.3 is 0 Å². The lowest BCUT2D eigenvalue weighted by Crippen LogP contribution is -2.62. The first-order chi connectivity index (χ1) is 17.0. The average Bonchev–Trinajstić information content (AvgIpc) is 2.83. The van der Waals surface area contributed by atoms with Crippen LogP contribution in [-0.4, -0.2) is 37.9 Å². The van der Waals surface area contributed by atoms with Gasteiger partial charge in [-0.05, 0) is 118 Å². The van der Waals surface area contributed by atoms with Gasteiger partial charge in [0.1, 0.15) is 0 Å². The summed E-state index contributed by atoms with van der Waals surface area (Å²) in [6.45, 7) is 18.2. The van der Waals surface area contributed by atoms with Gasteiger partial charge in [0.15, 0.2) is 5.78 Å². The zero-order valence-corrected chi connectivity index (χ0v) is 25.0. The molecular weight excluding hydrogens is 454 g/mol. The Bertz CT molecular complexity index is 890. The number of carbonyl (C=O) groups is 1. The van der Waals surface area contributed by atoms with Crippen molar-refractivity contribution in [1.29, 1.82) is 0 Å². The Kier molecular flexibility index (Phi) is 8.91. The van der Waals surface area contributed by atoms with E-state index in [0.717, 1.165) is 12.2 Å². The van der Waals surface area contributed by atoms with Crippen molar-refractivity contribution in [3.8, 4) is 0 Å². The molecule has 0 aromatic heterocycles. The third-order valence-electron chi connectivity index (χ3n) is 12.4. The van der Waals surface area contributed by atoms with Crippen LogP contribution in [0.25, 0.3) is 0 Å². The summed E-state index contributed by atoms with van der Waals surface area (Å²) in [5.74, 6) is 4.42. The van der Waals surface area contributed by atoms with Gasteiger partial charge < -0.3 is 9.64 Å². The lowest BCUT2D eigenvalue weighted by atomic mass is 9.38. The zero-order chi connectivity index (χ0) is 26.6. The molecule has 5 unspecified atom stereocenters. The Morgan fingerprint density at radius 2 is 1.59 bits per heavy atom. The average molecular weight is 514 g/mol. The fraction of sp³-hybridized carbons (Fsp3) is 0.853. The van der Waals surface area contributed by atoms with Crippen LogP contribution in [0.15, 0.2) is 24.0 Å². The van der Waals surface area contributed by atoms with Crippen molar-refractivity contribution in [3.05, 3.63) is 24.0 Å². The minimum atomic E-state index is 0. The van der Waals surface area contributed by atoms with Crippen LogP contribution in [0.4, 0.5) is 0 Å². The number of ether oxygens (including phenoxy) is 1. The Balaban J connectivity index is 0.00000124. The second-order valence-electron chi connectivity index (χ2n) is 14.0. The van der Waals surface area contributed by atoms with E-state index in [2.05, 4.69) is 59.3 Å². The molecule has 5 rings (SSSR count). The molecule has 0 aromatic rings. The van der Waals surface area contributed by atoms with Gasteiger partial charge in [-0.3, -0.25) is 4.79 Å². The predicted molar refractivity (Wildman–Crippen MR) is 157 cm³/mol. The molecule has 3 nitrogen and oxygen atoms in total. The number of hydrogen-bond donors (Lipinski definition) is 0. The molecule has 5 aliphatic carbocycles. The van der Waals surface area contributed by atoms with E-state index in [0.29, 0.717) is 46.8 Å². The van der Waals surface area contributed by atoms with Gasteiger partial charge in [-0.25, -0.2) is 0 Å². The van der Waals surface area contributed by atoms with E-state index in [1.807, 2.05) is 13.8 Å². The van der Waals surface area contributed by atoms with Crippen molar-refractivity contribution >= 4 is 5.78 Å². The van der Waals surface area contributed by atoms with Crippen molar-refractivity contribution in [3.63, 3.8) is 0 Å². The number of rotatable bonds is 3. The van der Waals surface area contributed by atoms with E-state index in [4.69, 9.17) is 4.74 Å². The maximum Gasteiger partial charge on any atom is 0.159 e. The fourth-order valence-corrected chi connectivity index (χ4v) is 10.5. The molecule has 0 spiro atoms. The summed E-state index contributed by atoms with van der Waals surface area (Å²) in [6.07, 6.45) is 13.2. The standard InChI is InChI=1S/C31H49NO2.C2H6.CH4/c1-19-23-11-15-31(5)24-10-14-29(3)13-9-21(20(2)34-8)17-25(29)22(24)18-27(33)28(31)30(23,4)16-12-26(19)32(6)7;1-2;/h18-19,21,23-26,28H,2,9-17H2,1,3-8H3;1-2H3;1H4/t19-,21?,23?,24?,25+,26?,28?,29-,30+,31+;;/m1../s1. The minimum Gasteiger partial charge on any atom is -0.501 e. The smallest absolute Gasteiger partial charge is 0.159 e. The molecule has 0 saturated heterocycles. The molecule has 0 radical (unpaired) electrons. The van der Waals surface area contributed by atoms with Crippen LogP contribution >= 0.6 is 0 Å². The van der Waals surface area contributed by atoms with E-state index in [-0.39, 0.29) is 24.2 Å². The zero-order valence-electron chi connectivity index (χ0n) is 25.0. The Morgan fingerprint density at radius 1 is 0.973 bits per heavy atom. The largest absolute Gasteiger partial charge is 0.501 e. The van der Waals surface area contributed by atoms with Crippen LogP contribution in [0, 0.1) is 51.8 Å². The lowest BCUT2D eigenvalue weighted by Gasteiger charge is -2.66. The molecule has 0 bridgehead atoms. The Labute approximate surface area is 229 Å². The molecular formula is C34H59NO2. The highest BCUT2D eigenvalue weighted by molar-refractivity contribution is 5.95. The summed E-state index contributed by atoms with van der Waals surface area (Å²) in [5, 5.41) is 0. The van der Waals surface area contributed by atoms with Gasteiger partial charge in [-0.15, -0.1) is 0 Å². The second-order valence-corrected chi connectivity index (χ2v) is 14.0. The van der Waals surface area contributed by atoms with Crippen molar-refractivity contribution < 1.29 is 9.53 Å². The number of fused-ring (bicyclic) bond motifs is 7. The SMILES string of the molecule is C.C=C(OC)C1CC[C@]2(C)CCC3C(=CC(=O)C4[C@@]3(C)CCC3[C@@H](C)C(N(C)C)CC[C@@]34C)[C@@H]2C1.CC. The van der Waals surface area contributed by atoms with Crippen LogP contribution in [0.1, 0.15) is 107 Å². The molecule has 0 amide bonds. The Hall–Kier alpha value is -1.09. The maximum atomic E-state index is 14.2. The van der Waals surface area contributed by atoms with E-state index in [9.17, 15) is 4.79 Å². The van der Waals surface area contributed by atoms with E-state index in [1.54, 1.807) is 7.11 Å². The molecule has 5 aliphatic rings. The monoisotopic (exact) mass is 513 g/mol. The molecule has 3 heteroatoms. The summed E-state index contributed by atoms with van der Waals surface area (Å²) < 4.78 is 5.59. The molecule has 0 aliphatic heterocycles. The summed E-state index contributed by atoms with van der Waals surface area (Å²) >= 11 is 0. The highest BCUT2D eigenvalue weighted by Gasteiger charge is 2.64. The van der Waals surface area contributed by atoms with Gasteiger partial charge in [-0.2, -0.15) is 0 Å². The number of ketones is 1. The van der Waals surface area contributed by atoms with Gasteiger partial charge in [0.2, 0.25) is 0 Å². The lowest BCUT2D eigenvalue weighted by molar-refractivity contribution is -0.163. The van der Waals surface area contributed by atoms with E-state index < -0.39 is 0 Å². The number of methoxy groups -OCH3 is 1. The molecule has 37 heavy (non-hydrogen) atoms. The van der Waals surface area contributed by atoms with E-state index in [1.165, 1.54) is 56.9 Å². The molecule has 0 N–H and O–H groups in total. The maximum absolute atomic E-state index is 14.2. The highest BCUT2D eigenvalue weighted by atomic mass is 16.5. The second kappa shape index (κ2) is 10.8. The first-order valence-corrected chi connectivity index (χ1v) is 15.1. The number of hydrogen-bond acceptors (Lipinski definition) is 3.